The number of phenolic OH excluding ortho intramolecular Hbond substituents is 1. The van der Waals surface area contributed by atoms with Gasteiger partial charge < -0.3 is 15.7 Å². The number of rotatable bonds is 2. The molecule has 4 nitrogen and oxygen atoms in total. The fourth-order valence-corrected chi connectivity index (χ4v) is 1.69. The van der Waals surface area contributed by atoms with Crippen LogP contribution in [0.2, 0.25) is 0 Å². The lowest BCUT2D eigenvalue weighted by atomic mass is 10.2. The third-order valence-electron chi connectivity index (χ3n) is 2.50. The van der Waals surface area contributed by atoms with Crippen LogP contribution in [0.5, 0.6) is 5.75 Å². The van der Waals surface area contributed by atoms with Gasteiger partial charge in [-0.3, -0.25) is 4.79 Å². The molecule has 80 valence electrons. The van der Waals surface area contributed by atoms with Gasteiger partial charge in [-0.15, -0.1) is 0 Å². The first kappa shape index (κ1) is 9.98. The van der Waals surface area contributed by atoms with Gasteiger partial charge in [0.1, 0.15) is 5.75 Å². The van der Waals surface area contributed by atoms with E-state index in [-0.39, 0.29) is 17.7 Å². The fraction of sp³-hybridized carbons (Fsp3) is 0.364. The molecule has 1 aliphatic rings. The highest BCUT2D eigenvalue weighted by atomic mass is 16.3. The van der Waals surface area contributed by atoms with Crippen LogP contribution >= 0.6 is 0 Å². The van der Waals surface area contributed by atoms with Crippen molar-refractivity contribution in [2.75, 3.05) is 13.1 Å². The predicted octanol–water partition coefficient (Wildman–Crippen LogP) is 0.484. The molecule has 1 amide bonds. The van der Waals surface area contributed by atoms with E-state index in [0.717, 1.165) is 19.5 Å². The Kier molecular flexibility index (Phi) is 2.87. The van der Waals surface area contributed by atoms with Gasteiger partial charge in [-0.25, -0.2) is 0 Å². The number of phenols is 1. The monoisotopic (exact) mass is 206 g/mol. The molecule has 0 spiro atoms. The SMILES string of the molecule is O=C(N[C@H]1CCNC1)c1cccc(O)c1. The summed E-state index contributed by atoms with van der Waals surface area (Å²) in [5, 5.41) is 15.3. The zero-order valence-corrected chi connectivity index (χ0v) is 8.36. The number of benzene rings is 1. The number of carbonyl (C=O) groups excluding carboxylic acids is 1. The van der Waals surface area contributed by atoms with E-state index in [1.54, 1.807) is 18.2 Å². The second kappa shape index (κ2) is 4.31. The van der Waals surface area contributed by atoms with Crippen LogP contribution in [0.3, 0.4) is 0 Å². The molecule has 1 saturated heterocycles. The second-order valence-corrected chi connectivity index (χ2v) is 3.71. The number of carbonyl (C=O) groups is 1. The first-order valence-corrected chi connectivity index (χ1v) is 5.06. The van der Waals surface area contributed by atoms with Crippen molar-refractivity contribution < 1.29 is 9.90 Å². The zero-order chi connectivity index (χ0) is 10.7. The average molecular weight is 206 g/mol. The summed E-state index contributed by atoms with van der Waals surface area (Å²) in [4.78, 5) is 11.7. The molecule has 1 atom stereocenters. The minimum absolute atomic E-state index is 0.118. The summed E-state index contributed by atoms with van der Waals surface area (Å²) >= 11 is 0. The molecule has 1 aromatic rings. The molecule has 4 heteroatoms. The van der Waals surface area contributed by atoms with Crippen LogP contribution in [0.25, 0.3) is 0 Å². The van der Waals surface area contributed by atoms with E-state index in [4.69, 9.17) is 0 Å². The molecule has 0 aromatic heterocycles. The summed E-state index contributed by atoms with van der Waals surface area (Å²) in [5.41, 5.74) is 0.502. The molecule has 15 heavy (non-hydrogen) atoms. The van der Waals surface area contributed by atoms with E-state index in [1.807, 2.05) is 0 Å². The van der Waals surface area contributed by atoms with Gasteiger partial charge in [-0.05, 0) is 31.2 Å². The van der Waals surface area contributed by atoms with Crippen molar-refractivity contribution in [3.63, 3.8) is 0 Å². The molecule has 0 radical (unpaired) electrons. The highest BCUT2D eigenvalue weighted by molar-refractivity contribution is 5.94. The van der Waals surface area contributed by atoms with Gasteiger partial charge in [0.2, 0.25) is 0 Å². The van der Waals surface area contributed by atoms with Crippen LogP contribution in [0.15, 0.2) is 24.3 Å². The lowest BCUT2D eigenvalue weighted by molar-refractivity contribution is 0.0939. The minimum atomic E-state index is -0.125. The van der Waals surface area contributed by atoms with Crippen LogP contribution in [-0.2, 0) is 0 Å². The quantitative estimate of drug-likeness (QED) is 0.659. The van der Waals surface area contributed by atoms with Gasteiger partial charge >= 0.3 is 0 Å². The van der Waals surface area contributed by atoms with E-state index in [2.05, 4.69) is 10.6 Å². The molecular weight excluding hydrogens is 192 g/mol. The Morgan fingerprint density at radius 1 is 1.53 bits per heavy atom. The maximum atomic E-state index is 11.7. The standard InChI is InChI=1S/C11H14N2O2/c14-10-3-1-2-8(6-10)11(15)13-9-4-5-12-7-9/h1-3,6,9,12,14H,4-5,7H2,(H,13,15)/t9-/m0/s1. The van der Waals surface area contributed by atoms with Crippen molar-refractivity contribution in [2.24, 2.45) is 0 Å². The summed E-state index contributed by atoms with van der Waals surface area (Å²) in [7, 11) is 0. The van der Waals surface area contributed by atoms with Crippen LogP contribution in [-0.4, -0.2) is 30.1 Å². The minimum Gasteiger partial charge on any atom is -0.508 e. The van der Waals surface area contributed by atoms with E-state index < -0.39 is 0 Å². The number of hydrogen-bond acceptors (Lipinski definition) is 3. The molecule has 1 aromatic carbocycles. The Hall–Kier alpha value is -1.55. The molecule has 0 saturated carbocycles. The van der Waals surface area contributed by atoms with Gasteiger partial charge in [0, 0.05) is 18.2 Å². The first-order valence-electron chi connectivity index (χ1n) is 5.06. The molecule has 1 fully saturated rings. The van der Waals surface area contributed by atoms with Gasteiger partial charge in [-0.1, -0.05) is 6.07 Å². The molecule has 0 unspecified atom stereocenters. The molecule has 2 rings (SSSR count). The molecule has 0 aliphatic carbocycles. The lowest BCUT2D eigenvalue weighted by Gasteiger charge is -2.11. The van der Waals surface area contributed by atoms with Gasteiger partial charge in [-0.2, -0.15) is 0 Å². The van der Waals surface area contributed by atoms with Gasteiger partial charge in [0.05, 0.1) is 0 Å². The Labute approximate surface area is 88.3 Å². The summed E-state index contributed by atoms with van der Waals surface area (Å²) in [6.45, 7) is 1.77. The Balaban J connectivity index is 2.01. The average Bonchev–Trinajstić information content (AvgIpc) is 2.70. The molecule has 0 bridgehead atoms. The largest absolute Gasteiger partial charge is 0.508 e. The van der Waals surface area contributed by atoms with Crippen molar-refractivity contribution in [2.45, 2.75) is 12.5 Å². The summed E-state index contributed by atoms with van der Waals surface area (Å²) in [6, 6.07) is 6.58. The van der Waals surface area contributed by atoms with E-state index >= 15 is 0 Å². The van der Waals surface area contributed by atoms with Crippen molar-refractivity contribution in [1.29, 1.82) is 0 Å². The van der Waals surface area contributed by atoms with Crippen LogP contribution in [0.1, 0.15) is 16.8 Å². The van der Waals surface area contributed by atoms with Crippen LogP contribution in [0, 0.1) is 0 Å². The van der Waals surface area contributed by atoms with E-state index in [0.29, 0.717) is 5.56 Å². The Morgan fingerprint density at radius 3 is 3.07 bits per heavy atom. The smallest absolute Gasteiger partial charge is 0.251 e. The number of nitrogens with one attached hydrogen (secondary N) is 2. The van der Waals surface area contributed by atoms with Crippen LogP contribution in [0.4, 0.5) is 0 Å². The summed E-state index contributed by atoms with van der Waals surface area (Å²) in [6.07, 6.45) is 0.963. The topological polar surface area (TPSA) is 61.4 Å². The maximum Gasteiger partial charge on any atom is 0.251 e. The van der Waals surface area contributed by atoms with Crippen LogP contribution < -0.4 is 10.6 Å². The Bertz CT molecular complexity index is 359. The summed E-state index contributed by atoms with van der Waals surface area (Å²) in [5.74, 6) is -0.00760. The third-order valence-corrected chi connectivity index (χ3v) is 2.50. The van der Waals surface area contributed by atoms with Crippen molar-refractivity contribution in [1.82, 2.24) is 10.6 Å². The molecule has 1 aliphatic heterocycles. The number of amides is 1. The lowest BCUT2D eigenvalue weighted by Crippen LogP contribution is -2.36. The Morgan fingerprint density at radius 2 is 2.40 bits per heavy atom. The number of hydrogen-bond donors (Lipinski definition) is 3. The first-order chi connectivity index (χ1) is 7.25. The fourth-order valence-electron chi connectivity index (χ4n) is 1.69. The molecule has 1 heterocycles. The van der Waals surface area contributed by atoms with Crippen molar-refractivity contribution >= 4 is 5.91 Å². The zero-order valence-electron chi connectivity index (χ0n) is 8.36. The molecular formula is C11H14N2O2. The van der Waals surface area contributed by atoms with Crippen molar-refractivity contribution in [3.05, 3.63) is 29.8 Å². The van der Waals surface area contributed by atoms with E-state index in [9.17, 15) is 9.90 Å². The highest BCUT2D eigenvalue weighted by Crippen LogP contribution is 2.11. The predicted molar refractivity (Wildman–Crippen MR) is 56.8 cm³/mol. The maximum absolute atomic E-state index is 11.7. The van der Waals surface area contributed by atoms with Gasteiger partial charge in [0.25, 0.3) is 5.91 Å². The highest BCUT2D eigenvalue weighted by Gasteiger charge is 2.17. The second-order valence-electron chi connectivity index (χ2n) is 3.71. The molecule has 3 N–H and O–H groups in total. The van der Waals surface area contributed by atoms with E-state index in [1.165, 1.54) is 6.07 Å². The van der Waals surface area contributed by atoms with Gasteiger partial charge in [0.15, 0.2) is 0 Å². The summed E-state index contributed by atoms with van der Waals surface area (Å²) < 4.78 is 0. The normalized spacial score (nSPS) is 20.1. The third kappa shape index (κ3) is 2.47. The number of aromatic hydroxyl groups is 1. The van der Waals surface area contributed by atoms with Crippen molar-refractivity contribution in [3.8, 4) is 5.75 Å².